The SMILES string of the molecule is Cc1cccc(CC(CNC(=O)CNS(=O)(=O)c2cccs2)C(=O)O)c1. The maximum atomic E-state index is 11.9. The molecule has 140 valence electrons. The maximum absolute atomic E-state index is 11.9. The van der Waals surface area contributed by atoms with Crippen molar-refractivity contribution in [2.24, 2.45) is 5.92 Å². The van der Waals surface area contributed by atoms with Gasteiger partial charge in [0.15, 0.2) is 0 Å². The molecule has 7 nitrogen and oxygen atoms in total. The van der Waals surface area contributed by atoms with Crippen LogP contribution < -0.4 is 10.0 Å². The highest BCUT2D eigenvalue weighted by molar-refractivity contribution is 7.91. The zero-order valence-corrected chi connectivity index (χ0v) is 15.8. The van der Waals surface area contributed by atoms with Crippen LogP contribution in [-0.4, -0.2) is 38.5 Å². The number of rotatable bonds is 9. The summed E-state index contributed by atoms with van der Waals surface area (Å²) in [6.07, 6.45) is 0.276. The highest BCUT2D eigenvalue weighted by Crippen LogP contribution is 2.15. The molecule has 9 heteroatoms. The second-order valence-electron chi connectivity index (χ2n) is 5.79. The van der Waals surface area contributed by atoms with Crippen molar-refractivity contribution in [3.05, 3.63) is 52.9 Å². The van der Waals surface area contributed by atoms with Crippen molar-refractivity contribution < 1.29 is 23.1 Å². The first-order valence-electron chi connectivity index (χ1n) is 7.86. The number of carbonyl (C=O) groups is 2. The summed E-state index contributed by atoms with van der Waals surface area (Å²) in [5.41, 5.74) is 1.89. The van der Waals surface area contributed by atoms with Crippen LogP contribution in [0.2, 0.25) is 0 Å². The van der Waals surface area contributed by atoms with Crippen LogP contribution in [0.1, 0.15) is 11.1 Å². The minimum Gasteiger partial charge on any atom is -0.481 e. The van der Waals surface area contributed by atoms with E-state index >= 15 is 0 Å². The molecule has 3 N–H and O–H groups in total. The molecule has 1 atom stereocenters. The number of aliphatic carboxylic acids is 1. The van der Waals surface area contributed by atoms with Crippen molar-refractivity contribution in [2.45, 2.75) is 17.6 Å². The van der Waals surface area contributed by atoms with Crippen molar-refractivity contribution in [2.75, 3.05) is 13.1 Å². The Morgan fingerprint density at radius 2 is 2.00 bits per heavy atom. The summed E-state index contributed by atoms with van der Waals surface area (Å²) < 4.78 is 26.2. The number of carbonyl (C=O) groups excluding carboxylic acids is 1. The van der Waals surface area contributed by atoms with Gasteiger partial charge >= 0.3 is 5.97 Å². The smallest absolute Gasteiger partial charge is 0.308 e. The van der Waals surface area contributed by atoms with Gasteiger partial charge in [0.1, 0.15) is 4.21 Å². The van der Waals surface area contributed by atoms with E-state index in [1.165, 1.54) is 6.07 Å². The third-order valence-electron chi connectivity index (χ3n) is 3.64. The Bertz CT molecular complexity index is 863. The normalized spacial score (nSPS) is 12.5. The quantitative estimate of drug-likeness (QED) is 0.593. The fourth-order valence-corrected chi connectivity index (χ4v) is 4.34. The standard InChI is InChI=1S/C17H20N2O5S2/c1-12-4-2-5-13(8-12)9-14(17(21)22)10-18-15(20)11-19-26(23,24)16-6-3-7-25-16/h2-8,14,19H,9-11H2,1H3,(H,18,20)(H,21,22). The Balaban J connectivity index is 1.86. The van der Waals surface area contributed by atoms with Crippen LogP contribution in [0.3, 0.4) is 0 Å². The largest absolute Gasteiger partial charge is 0.481 e. The Morgan fingerprint density at radius 1 is 1.23 bits per heavy atom. The number of nitrogens with one attached hydrogen (secondary N) is 2. The van der Waals surface area contributed by atoms with E-state index in [2.05, 4.69) is 10.0 Å². The zero-order valence-electron chi connectivity index (χ0n) is 14.1. The van der Waals surface area contributed by atoms with Crippen molar-refractivity contribution in [3.63, 3.8) is 0 Å². The molecule has 1 aromatic carbocycles. The summed E-state index contributed by atoms with van der Waals surface area (Å²) >= 11 is 1.05. The molecule has 0 aliphatic rings. The van der Waals surface area contributed by atoms with Crippen LogP contribution in [0, 0.1) is 12.8 Å². The number of amides is 1. The Labute approximate surface area is 156 Å². The third-order valence-corrected chi connectivity index (χ3v) is 6.44. The molecule has 1 aromatic heterocycles. The highest BCUT2D eigenvalue weighted by Gasteiger charge is 2.20. The molecule has 1 unspecified atom stereocenters. The van der Waals surface area contributed by atoms with E-state index in [0.29, 0.717) is 0 Å². The summed E-state index contributed by atoms with van der Waals surface area (Å²) in [7, 11) is -3.73. The number of benzene rings is 1. The van der Waals surface area contributed by atoms with Gasteiger partial charge in [0, 0.05) is 6.54 Å². The molecule has 0 bridgehead atoms. The minimum absolute atomic E-state index is 0.0805. The van der Waals surface area contributed by atoms with Gasteiger partial charge in [-0.25, -0.2) is 13.1 Å². The lowest BCUT2D eigenvalue weighted by Crippen LogP contribution is -2.40. The number of sulfonamides is 1. The van der Waals surface area contributed by atoms with Crippen molar-refractivity contribution in [1.82, 2.24) is 10.0 Å². The van der Waals surface area contributed by atoms with Crippen LogP contribution in [0.25, 0.3) is 0 Å². The van der Waals surface area contributed by atoms with Gasteiger partial charge in [-0.15, -0.1) is 11.3 Å². The highest BCUT2D eigenvalue weighted by atomic mass is 32.2. The second kappa shape index (κ2) is 8.93. The maximum Gasteiger partial charge on any atom is 0.308 e. The van der Waals surface area contributed by atoms with Crippen molar-refractivity contribution in [3.8, 4) is 0 Å². The van der Waals surface area contributed by atoms with Crippen molar-refractivity contribution >= 4 is 33.2 Å². The summed E-state index contributed by atoms with van der Waals surface area (Å²) in [6.45, 7) is 1.39. The second-order valence-corrected chi connectivity index (χ2v) is 8.73. The van der Waals surface area contributed by atoms with Gasteiger partial charge in [-0.1, -0.05) is 35.9 Å². The number of thiophene rings is 1. The van der Waals surface area contributed by atoms with E-state index in [1.54, 1.807) is 11.4 Å². The number of carboxylic acids is 1. The molecule has 0 spiro atoms. The van der Waals surface area contributed by atoms with E-state index in [9.17, 15) is 23.1 Å². The Kier molecular flexibility index (Phi) is 6.90. The molecular weight excluding hydrogens is 376 g/mol. The lowest BCUT2D eigenvalue weighted by molar-refractivity contribution is -0.141. The topological polar surface area (TPSA) is 113 Å². The number of aryl methyl sites for hydroxylation is 1. The molecule has 0 saturated heterocycles. The first-order valence-corrected chi connectivity index (χ1v) is 10.2. The van der Waals surface area contributed by atoms with E-state index in [-0.39, 0.29) is 17.2 Å². The van der Waals surface area contributed by atoms with E-state index in [1.807, 2.05) is 31.2 Å². The number of carboxylic acid groups (broad SMARTS) is 1. The molecule has 0 aliphatic heterocycles. The molecule has 1 amide bonds. The van der Waals surface area contributed by atoms with Crippen LogP contribution in [0.4, 0.5) is 0 Å². The van der Waals surface area contributed by atoms with Crippen LogP contribution in [0.15, 0.2) is 46.0 Å². The van der Waals surface area contributed by atoms with E-state index in [4.69, 9.17) is 0 Å². The summed E-state index contributed by atoms with van der Waals surface area (Å²) in [6, 6.07) is 10.5. The average Bonchev–Trinajstić information content (AvgIpc) is 3.12. The monoisotopic (exact) mass is 396 g/mol. The lowest BCUT2D eigenvalue weighted by atomic mass is 9.98. The van der Waals surface area contributed by atoms with E-state index < -0.39 is 34.4 Å². The molecule has 1 heterocycles. The summed E-state index contributed by atoms with van der Waals surface area (Å²) in [4.78, 5) is 23.3. The Morgan fingerprint density at radius 3 is 2.62 bits per heavy atom. The van der Waals surface area contributed by atoms with Gasteiger partial charge in [-0.2, -0.15) is 0 Å². The van der Waals surface area contributed by atoms with Crippen LogP contribution in [0.5, 0.6) is 0 Å². The van der Waals surface area contributed by atoms with Gasteiger partial charge in [0.2, 0.25) is 5.91 Å². The lowest BCUT2D eigenvalue weighted by Gasteiger charge is -2.14. The molecule has 0 radical (unpaired) electrons. The zero-order chi connectivity index (χ0) is 19.2. The van der Waals surface area contributed by atoms with Gasteiger partial charge in [0.05, 0.1) is 12.5 Å². The van der Waals surface area contributed by atoms with Crippen LogP contribution >= 0.6 is 11.3 Å². The van der Waals surface area contributed by atoms with Gasteiger partial charge in [-0.05, 0) is 30.4 Å². The molecule has 2 aromatic rings. The predicted octanol–water partition coefficient (Wildman–Crippen LogP) is 1.39. The van der Waals surface area contributed by atoms with Gasteiger partial charge in [-0.3, -0.25) is 9.59 Å². The number of hydrogen-bond donors (Lipinski definition) is 3. The number of hydrogen-bond acceptors (Lipinski definition) is 5. The fourth-order valence-electron chi connectivity index (χ4n) is 2.32. The molecule has 0 aliphatic carbocycles. The first-order chi connectivity index (χ1) is 12.3. The minimum atomic E-state index is -3.73. The van der Waals surface area contributed by atoms with Gasteiger partial charge in [0.25, 0.3) is 10.0 Å². The van der Waals surface area contributed by atoms with Crippen LogP contribution in [-0.2, 0) is 26.0 Å². The van der Waals surface area contributed by atoms with Crippen molar-refractivity contribution in [1.29, 1.82) is 0 Å². The van der Waals surface area contributed by atoms with E-state index in [0.717, 1.165) is 22.5 Å². The first kappa shape index (κ1) is 20.1. The molecule has 0 saturated carbocycles. The summed E-state index contributed by atoms with van der Waals surface area (Å²) in [5, 5.41) is 13.4. The average molecular weight is 396 g/mol. The Hall–Kier alpha value is -2.23. The predicted molar refractivity (Wildman–Crippen MR) is 98.5 cm³/mol. The van der Waals surface area contributed by atoms with Gasteiger partial charge < -0.3 is 10.4 Å². The molecule has 2 rings (SSSR count). The fraction of sp³-hybridized carbons (Fsp3) is 0.294. The third kappa shape index (κ3) is 5.94. The molecule has 26 heavy (non-hydrogen) atoms. The molecule has 0 fully saturated rings. The molecular formula is C17H20N2O5S2. The summed E-state index contributed by atoms with van der Waals surface area (Å²) in [5.74, 6) is -2.40.